The Morgan fingerprint density at radius 1 is 1.18 bits per heavy atom. The molecule has 1 aromatic rings. The number of hydrogen-bond acceptors (Lipinski definition) is 7. The molecule has 4 N–H and O–H groups in total. The number of hydrogen-bond donors (Lipinski definition) is 3. The number of nitrogens with two attached hydrogens (primary N) is 1. The van der Waals surface area contributed by atoms with E-state index in [1.165, 1.54) is 0 Å². The molecule has 0 radical (unpaired) electrons. The molecule has 1 aliphatic rings. The third-order valence-electron chi connectivity index (χ3n) is 5.73. The molecular weight excluding hydrogens is 440 g/mol. The van der Waals surface area contributed by atoms with Gasteiger partial charge in [-0.25, -0.2) is 0 Å². The number of benzene rings is 1. The van der Waals surface area contributed by atoms with E-state index in [1.54, 1.807) is 32.4 Å². The van der Waals surface area contributed by atoms with Crippen molar-refractivity contribution in [2.75, 3.05) is 40.5 Å². The molecule has 3 amide bonds. The third kappa shape index (κ3) is 8.18. The predicted octanol–water partition coefficient (Wildman–Crippen LogP) is 1.07. The van der Waals surface area contributed by atoms with Gasteiger partial charge in [0.15, 0.2) is 11.5 Å². The van der Waals surface area contributed by atoms with Gasteiger partial charge >= 0.3 is 0 Å². The van der Waals surface area contributed by atoms with Crippen molar-refractivity contribution in [3.8, 4) is 11.5 Å². The minimum absolute atomic E-state index is 0.00870. The summed E-state index contributed by atoms with van der Waals surface area (Å²) in [4.78, 5) is 38.2. The van der Waals surface area contributed by atoms with E-state index in [0.29, 0.717) is 36.8 Å². The maximum atomic E-state index is 13.5. The zero-order valence-electron chi connectivity index (χ0n) is 20.6. The zero-order chi connectivity index (χ0) is 25.1. The molecule has 1 fully saturated rings. The van der Waals surface area contributed by atoms with E-state index in [9.17, 15) is 14.4 Å². The number of carbonyl (C=O) groups is 3. The van der Waals surface area contributed by atoms with Crippen molar-refractivity contribution in [1.29, 1.82) is 0 Å². The molecule has 0 saturated carbocycles. The largest absolute Gasteiger partial charge is 0.493 e. The lowest BCUT2D eigenvalue weighted by atomic mass is 9.95. The summed E-state index contributed by atoms with van der Waals surface area (Å²) in [5, 5.41) is 5.88. The van der Waals surface area contributed by atoms with Crippen LogP contribution in [0.5, 0.6) is 11.5 Å². The summed E-state index contributed by atoms with van der Waals surface area (Å²) in [5.74, 6) is 0.226. The highest BCUT2D eigenvalue weighted by Gasteiger charge is 2.32. The number of nitrogens with zero attached hydrogens (tertiary/aromatic N) is 1. The van der Waals surface area contributed by atoms with Crippen LogP contribution < -0.4 is 25.8 Å². The SMILES string of the molecule is COCCCOc1cc(C(=O)N(C(C)C)C2CC[C@@H](CC(=O)NCC(N)=O)NC2)ccc1OC. The first-order valence-corrected chi connectivity index (χ1v) is 11.7. The molecule has 190 valence electrons. The summed E-state index contributed by atoms with van der Waals surface area (Å²) in [5.41, 5.74) is 5.60. The summed E-state index contributed by atoms with van der Waals surface area (Å²) in [6, 6.07) is 5.19. The number of ether oxygens (including phenoxy) is 3. The highest BCUT2D eigenvalue weighted by Crippen LogP contribution is 2.30. The van der Waals surface area contributed by atoms with Crippen LogP contribution >= 0.6 is 0 Å². The van der Waals surface area contributed by atoms with Gasteiger partial charge in [0.05, 0.1) is 20.3 Å². The summed E-state index contributed by atoms with van der Waals surface area (Å²) in [6.45, 7) is 5.44. The molecular formula is C24H38N4O6. The van der Waals surface area contributed by atoms with Crippen LogP contribution in [0, 0.1) is 0 Å². The van der Waals surface area contributed by atoms with Crippen molar-refractivity contribution in [1.82, 2.24) is 15.5 Å². The third-order valence-corrected chi connectivity index (χ3v) is 5.73. The first-order valence-electron chi connectivity index (χ1n) is 11.7. The van der Waals surface area contributed by atoms with Crippen LogP contribution in [0.3, 0.4) is 0 Å². The molecule has 10 heteroatoms. The number of rotatable bonds is 13. The average Bonchev–Trinajstić information content (AvgIpc) is 2.81. The van der Waals surface area contributed by atoms with Crippen molar-refractivity contribution in [2.45, 2.75) is 57.7 Å². The van der Waals surface area contributed by atoms with Crippen molar-refractivity contribution in [3.05, 3.63) is 23.8 Å². The van der Waals surface area contributed by atoms with Gasteiger partial charge in [0.1, 0.15) is 0 Å². The van der Waals surface area contributed by atoms with Crippen LogP contribution in [-0.4, -0.2) is 81.3 Å². The topological polar surface area (TPSA) is 132 Å². The van der Waals surface area contributed by atoms with E-state index in [0.717, 1.165) is 19.3 Å². The van der Waals surface area contributed by atoms with Gasteiger partial charge in [-0.15, -0.1) is 0 Å². The fraction of sp³-hybridized carbons (Fsp3) is 0.625. The van der Waals surface area contributed by atoms with E-state index in [1.807, 2.05) is 18.7 Å². The maximum absolute atomic E-state index is 13.5. The molecule has 34 heavy (non-hydrogen) atoms. The van der Waals surface area contributed by atoms with Crippen LogP contribution in [0.1, 0.15) is 49.9 Å². The standard InChI is InChI=1S/C24H38N4O6/c1-16(2)28(19-8-7-18(26-14-19)13-23(30)27-15-22(25)29)24(31)17-6-9-20(33-4)21(12-17)34-11-5-10-32-3/h6,9,12,16,18-19,26H,5,7-8,10-11,13-15H2,1-4H3,(H2,25,29)(H,27,30)/t18-,19?/m0/s1. The lowest BCUT2D eigenvalue weighted by Gasteiger charge is -2.40. The van der Waals surface area contributed by atoms with E-state index in [4.69, 9.17) is 19.9 Å². The maximum Gasteiger partial charge on any atom is 0.254 e. The Hall–Kier alpha value is -2.85. The van der Waals surface area contributed by atoms with Crippen LogP contribution in [0.4, 0.5) is 0 Å². The van der Waals surface area contributed by atoms with Gasteiger partial charge in [0.25, 0.3) is 5.91 Å². The zero-order valence-corrected chi connectivity index (χ0v) is 20.6. The number of primary amides is 1. The van der Waals surface area contributed by atoms with Crippen LogP contribution in [-0.2, 0) is 14.3 Å². The first kappa shape index (κ1) is 27.4. The molecule has 10 nitrogen and oxygen atoms in total. The second kappa shape index (κ2) is 13.8. The summed E-state index contributed by atoms with van der Waals surface area (Å²) >= 11 is 0. The molecule has 2 rings (SSSR count). The minimum Gasteiger partial charge on any atom is -0.493 e. The Labute approximate surface area is 201 Å². The molecule has 1 aliphatic heterocycles. The Kier molecular flexibility index (Phi) is 11.1. The fourth-order valence-corrected chi connectivity index (χ4v) is 4.07. The molecule has 1 saturated heterocycles. The molecule has 0 aliphatic carbocycles. The van der Waals surface area contributed by atoms with E-state index in [-0.39, 0.29) is 42.9 Å². The molecule has 1 heterocycles. The summed E-state index contributed by atoms with van der Waals surface area (Å²) in [7, 11) is 3.21. The molecule has 1 aromatic carbocycles. The smallest absolute Gasteiger partial charge is 0.254 e. The Morgan fingerprint density at radius 2 is 1.94 bits per heavy atom. The lowest BCUT2D eigenvalue weighted by molar-refractivity contribution is -0.125. The first-order chi connectivity index (χ1) is 16.3. The molecule has 0 spiro atoms. The van der Waals surface area contributed by atoms with Crippen molar-refractivity contribution >= 4 is 17.7 Å². The number of carbonyl (C=O) groups excluding carboxylic acids is 3. The molecule has 0 bridgehead atoms. The van der Waals surface area contributed by atoms with Crippen molar-refractivity contribution < 1.29 is 28.6 Å². The second-order valence-electron chi connectivity index (χ2n) is 8.65. The van der Waals surface area contributed by atoms with Gasteiger partial charge < -0.3 is 35.5 Å². The van der Waals surface area contributed by atoms with E-state index < -0.39 is 5.91 Å². The van der Waals surface area contributed by atoms with Gasteiger partial charge in [0.2, 0.25) is 11.8 Å². The molecule has 1 unspecified atom stereocenters. The fourth-order valence-electron chi connectivity index (χ4n) is 4.07. The number of methoxy groups -OCH3 is 2. The predicted molar refractivity (Wildman–Crippen MR) is 128 cm³/mol. The highest BCUT2D eigenvalue weighted by molar-refractivity contribution is 5.95. The lowest BCUT2D eigenvalue weighted by Crippen LogP contribution is -2.54. The Balaban J connectivity index is 2.03. The molecule has 2 atom stereocenters. The monoisotopic (exact) mass is 478 g/mol. The van der Waals surface area contributed by atoms with Crippen LogP contribution in [0.2, 0.25) is 0 Å². The van der Waals surface area contributed by atoms with Gasteiger partial charge in [-0.1, -0.05) is 0 Å². The van der Waals surface area contributed by atoms with Gasteiger partial charge in [-0.05, 0) is 44.9 Å². The minimum atomic E-state index is -0.571. The average molecular weight is 479 g/mol. The number of nitrogens with one attached hydrogen (secondary N) is 2. The van der Waals surface area contributed by atoms with Crippen molar-refractivity contribution in [3.63, 3.8) is 0 Å². The van der Waals surface area contributed by atoms with Crippen LogP contribution in [0.25, 0.3) is 0 Å². The van der Waals surface area contributed by atoms with E-state index >= 15 is 0 Å². The summed E-state index contributed by atoms with van der Waals surface area (Å²) < 4.78 is 16.3. The normalized spacial score (nSPS) is 17.8. The Bertz CT molecular complexity index is 824. The summed E-state index contributed by atoms with van der Waals surface area (Å²) in [6.07, 6.45) is 2.49. The van der Waals surface area contributed by atoms with Gasteiger partial charge in [-0.3, -0.25) is 14.4 Å². The number of piperidine rings is 1. The van der Waals surface area contributed by atoms with Crippen molar-refractivity contribution in [2.24, 2.45) is 5.73 Å². The number of amides is 3. The van der Waals surface area contributed by atoms with E-state index in [2.05, 4.69) is 10.6 Å². The van der Waals surface area contributed by atoms with Gasteiger partial charge in [0, 0.05) is 56.8 Å². The molecule has 0 aromatic heterocycles. The van der Waals surface area contributed by atoms with Gasteiger partial charge in [-0.2, -0.15) is 0 Å². The quantitative estimate of drug-likeness (QED) is 0.361. The second-order valence-corrected chi connectivity index (χ2v) is 8.65. The highest BCUT2D eigenvalue weighted by atomic mass is 16.5. The Morgan fingerprint density at radius 3 is 2.53 bits per heavy atom. The van der Waals surface area contributed by atoms with Crippen LogP contribution in [0.15, 0.2) is 18.2 Å².